The third kappa shape index (κ3) is 3.64. The maximum absolute atomic E-state index is 13.1. The number of ether oxygens (including phenoxy) is 1. The van der Waals surface area contributed by atoms with Crippen LogP contribution in [-0.2, 0) is 4.74 Å². The number of rotatable bonds is 3. The molecule has 1 aliphatic heterocycles. The largest absolute Gasteiger partial charge is 0.441 e. The Hall–Kier alpha value is -3.18. The molecule has 1 amide bonds. The van der Waals surface area contributed by atoms with Crippen molar-refractivity contribution >= 4 is 50.3 Å². The summed E-state index contributed by atoms with van der Waals surface area (Å²) in [5.41, 5.74) is 6.13. The van der Waals surface area contributed by atoms with E-state index in [2.05, 4.69) is 43.8 Å². The minimum Gasteiger partial charge on any atom is -0.441 e. The van der Waals surface area contributed by atoms with E-state index >= 15 is 0 Å². The van der Waals surface area contributed by atoms with Gasteiger partial charge in [-0.1, -0.05) is 11.2 Å². The molecule has 2 aromatic carbocycles. The molecule has 6 rings (SSSR count). The summed E-state index contributed by atoms with van der Waals surface area (Å²) < 4.78 is 17.8. The minimum absolute atomic E-state index is 0.0170. The number of H-pyrrole nitrogens is 1. The number of aromatic nitrogens is 3. The minimum atomic E-state index is 0.0170. The van der Waals surface area contributed by atoms with Gasteiger partial charge < -0.3 is 23.6 Å². The lowest BCUT2D eigenvalue weighted by Gasteiger charge is -2.26. The van der Waals surface area contributed by atoms with Gasteiger partial charge in [-0.25, -0.2) is 4.98 Å². The number of nitrogens with zero attached hydrogens (tertiary/aromatic N) is 3. The molecular formula is C26H23IN4O4. The van der Waals surface area contributed by atoms with Gasteiger partial charge in [-0.2, -0.15) is 0 Å². The van der Waals surface area contributed by atoms with Gasteiger partial charge in [0.2, 0.25) is 5.89 Å². The average molecular weight is 582 g/mol. The Kier molecular flexibility index (Phi) is 5.41. The van der Waals surface area contributed by atoms with Crippen molar-refractivity contribution < 1.29 is 18.5 Å². The summed E-state index contributed by atoms with van der Waals surface area (Å²) >= 11 is 2.35. The monoisotopic (exact) mass is 582 g/mol. The highest BCUT2D eigenvalue weighted by molar-refractivity contribution is 14.1. The van der Waals surface area contributed by atoms with Crippen molar-refractivity contribution in [2.24, 2.45) is 0 Å². The summed E-state index contributed by atoms with van der Waals surface area (Å²) in [6, 6.07) is 8.00. The number of hydrogen-bond donors (Lipinski definition) is 1. The van der Waals surface area contributed by atoms with Crippen LogP contribution in [0.4, 0.5) is 0 Å². The Morgan fingerprint density at radius 3 is 2.57 bits per heavy atom. The number of carbonyl (C=O) groups is 1. The lowest BCUT2D eigenvalue weighted by molar-refractivity contribution is 0.0303. The molecule has 0 saturated carbocycles. The number of amides is 1. The maximum Gasteiger partial charge on any atom is 0.254 e. The predicted molar refractivity (Wildman–Crippen MR) is 140 cm³/mol. The molecule has 0 radical (unpaired) electrons. The molecular weight excluding hydrogens is 559 g/mol. The number of morpholine rings is 1. The van der Waals surface area contributed by atoms with Crippen LogP contribution < -0.4 is 0 Å². The number of fused-ring (bicyclic) bond motifs is 3. The van der Waals surface area contributed by atoms with Gasteiger partial charge >= 0.3 is 0 Å². The fraction of sp³-hybridized carbons (Fsp3) is 0.269. The lowest BCUT2D eigenvalue weighted by Crippen LogP contribution is -2.40. The van der Waals surface area contributed by atoms with E-state index in [4.69, 9.17) is 13.7 Å². The van der Waals surface area contributed by atoms with Gasteiger partial charge in [-0.05, 0) is 61.6 Å². The maximum atomic E-state index is 13.1. The van der Waals surface area contributed by atoms with Crippen LogP contribution in [-0.4, -0.2) is 52.2 Å². The summed E-state index contributed by atoms with van der Waals surface area (Å²) in [4.78, 5) is 23.0. The molecule has 4 heterocycles. The van der Waals surface area contributed by atoms with Crippen LogP contribution in [0.25, 0.3) is 44.4 Å². The van der Waals surface area contributed by atoms with Crippen LogP contribution in [0.15, 0.2) is 39.4 Å². The second kappa shape index (κ2) is 8.49. The summed E-state index contributed by atoms with van der Waals surface area (Å²) in [7, 11) is 0. The highest BCUT2D eigenvalue weighted by Crippen LogP contribution is 2.43. The molecule has 1 saturated heterocycles. The number of carbonyl (C=O) groups excluding carboxylic acids is 1. The highest BCUT2D eigenvalue weighted by Gasteiger charge is 2.25. The second-order valence-electron chi connectivity index (χ2n) is 8.80. The van der Waals surface area contributed by atoms with Gasteiger partial charge in [-0.3, -0.25) is 4.79 Å². The third-order valence-corrected chi connectivity index (χ3v) is 7.64. The average Bonchev–Trinajstić information content (AvgIpc) is 3.55. The molecule has 35 heavy (non-hydrogen) atoms. The van der Waals surface area contributed by atoms with E-state index in [0.29, 0.717) is 37.8 Å². The number of aromatic amines is 1. The van der Waals surface area contributed by atoms with Crippen molar-refractivity contribution in [2.75, 3.05) is 26.3 Å². The summed E-state index contributed by atoms with van der Waals surface area (Å²) in [6.45, 7) is 8.10. The van der Waals surface area contributed by atoms with Crippen LogP contribution in [0, 0.1) is 24.3 Å². The molecule has 9 heteroatoms. The molecule has 178 valence electrons. The van der Waals surface area contributed by atoms with Crippen molar-refractivity contribution in [3.05, 3.63) is 56.8 Å². The Bertz CT molecular complexity index is 1590. The van der Waals surface area contributed by atoms with Crippen molar-refractivity contribution in [2.45, 2.75) is 20.8 Å². The summed E-state index contributed by atoms with van der Waals surface area (Å²) in [6.07, 6.45) is 1.72. The predicted octanol–water partition coefficient (Wildman–Crippen LogP) is 5.63. The Morgan fingerprint density at radius 1 is 1.09 bits per heavy atom. The van der Waals surface area contributed by atoms with Gasteiger partial charge in [0.15, 0.2) is 0 Å². The van der Waals surface area contributed by atoms with Crippen LogP contribution in [0.3, 0.4) is 0 Å². The SMILES string of the molecule is Cc1cnc(-c2c(I)c(-c3c(C)noc3C)cc3c2[nH]c2cc(C(=O)N4CCOCC4)ccc23)o1. The van der Waals surface area contributed by atoms with Crippen molar-refractivity contribution in [1.29, 1.82) is 0 Å². The number of hydrogen-bond acceptors (Lipinski definition) is 6. The first-order valence-electron chi connectivity index (χ1n) is 11.4. The van der Waals surface area contributed by atoms with E-state index in [1.165, 1.54) is 0 Å². The quantitative estimate of drug-likeness (QED) is 0.277. The molecule has 0 unspecified atom stereocenters. The smallest absolute Gasteiger partial charge is 0.254 e. The van der Waals surface area contributed by atoms with E-state index in [9.17, 15) is 4.79 Å². The molecule has 1 fully saturated rings. The number of nitrogens with one attached hydrogen (secondary N) is 1. The first kappa shape index (κ1) is 22.3. The summed E-state index contributed by atoms with van der Waals surface area (Å²) in [5, 5.41) is 6.21. The second-order valence-corrected chi connectivity index (χ2v) is 9.88. The van der Waals surface area contributed by atoms with Crippen LogP contribution in [0.5, 0.6) is 0 Å². The fourth-order valence-corrected chi connectivity index (χ4v) is 5.75. The van der Waals surface area contributed by atoms with Crippen molar-refractivity contribution in [3.8, 4) is 22.6 Å². The zero-order valence-corrected chi connectivity index (χ0v) is 21.7. The molecule has 0 bridgehead atoms. The number of oxazole rings is 1. The molecule has 0 spiro atoms. The third-order valence-electron chi connectivity index (χ3n) is 6.52. The van der Waals surface area contributed by atoms with Crippen LogP contribution >= 0.6 is 22.6 Å². The molecule has 1 aliphatic rings. The van der Waals surface area contributed by atoms with Crippen molar-refractivity contribution in [1.82, 2.24) is 20.0 Å². The van der Waals surface area contributed by atoms with E-state index in [-0.39, 0.29) is 5.91 Å². The molecule has 1 N–H and O–H groups in total. The number of aryl methyl sites for hydroxylation is 3. The fourth-order valence-electron chi connectivity index (χ4n) is 4.82. The van der Waals surface area contributed by atoms with Gasteiger partial charge in [0.25, 0.3) is 5.91 Å². The Morgan fingerprint density at radius 2 is 1.89 bits per heavy atom. The van der Waals surface area contributed by atoms with E-state index in [1.807, 2.05) is 43.9 Å². The molecule has 8 nitrogen and oxygen atoms in total. The lowest BCUT2D eigenvalue weighted by atomic mass is 9.97. The zero-order valence-electron chi connectivity index (χ0n) is 19.6. The topological polar surface area (TPSA) is 97.4 Å². The zero-order chi connectivity index (χ0) is 24.3. The number of halogens is 1. The molecule has 0 atom stereocenters. The van der Waals surface area contributed by atoms with E-state index in [0.717, 1.165) is 59.3 Å². The normalized spacial score (nSPS) is 14.3. The highest BCUT2D eigenvalue weighted by atomic mass is 127. The standard InChI is InChI=1S/C26H23IN4O4/c1-13-12-28-25(34-13)22-23(27)19(21-14(2)30-35-15(21)3)11-18-17-5-4-16(10-20(17)29-24(18)22)26(32)31-6-8-33-9-7-31/h4-5,10-12,29H,6-9H2,1-3H3. The van der Waals surface area contributed by atoms with E-state index in [1.54, 1.807) is 6.20 Å². The molecule has 5 aromatic rings. The van der Waals surface area contributed by atoms with Crippen molar-refractivity contribution in [3.63, 3.8) is 0 Å². The van der Waals surface area contributed by atoms with Gasteiger partial charge in [0.05, 0.1) is 36.2 Å². The van der Waals surface area contributed by atoms with E-state index < -0.39 is 0 Å². The van der Waals surface area contributed by atoms with Crippen LogP contribution in [0.1, 0.15) is 27.6 Å². The first-order chi connectivity index (χ1) is 16.9. The van der Waals surface area contributed by atoms with Gasteiger partial charge in [-0.15, -0.1) is 0 Å². The Labute approximate surface area is 214 Å². The number of benzene rings is 2. The Balaban J connectivity index is 1.60. The first-order valence-corrected chi connectivity index (χ1v) is 12.5. The molecule has 0 aliphatic carbocycles. The van der Waals surface area contributed by atoms with Gasteiger partial charge in [0.1, 0.15) is 11.5 Å². The summed E-state index contributed by atoms with van der Waals surface area (Å²) in [5.74, 6) is 2.05. The van der Waals surface area contributed by atoms with Gasteiger partial charge in [0, 0.05) is 49.6 Å². The van der Waals surface area contributed by atoms with Crippen LogP contribution in [0.2, 0.25) is 0 Å². The molecule has 3 aromatic heterocycles.